The molecule has 0 unspecified atom stereocenters. The van der Waals surface area contributed by atoms with Crippen LogP contribution in [0.25, 0.3) is 0 Å². The lowest BCUT2D eigenvalue weighted by Crippen LogP contribution is -2.50. The van der Waals surface area contributed by atoms with Gasteiger partial charge in [0.05, 0.1) is 6.10 Å². The quantitative estimate of drug-likeness (QED) is 0.445. The van der Waals surface area contributed by atoms with Crippen molar-refractivity contribution >= 4 is 24.2 Å². The van der Waals surface area contributed by atoms with Gasteiger partial charge in [0.2, 0.25) is 8.32 Å². The molecule has 1 atom stereocenters. The Bertz CT molecular complexity index is 481. The van der Waals surface area contributed by atoms with Crippen molar-refractivity contribution in [2.24, 2.45) is 5.41 Å². The van der Waals surface area contributed by atoms with Gasteiger partial charge in [-0.1, -0.05) is 96.4 Å². The number of rotatable bonds is 6. The molecule has 0 fully saturated rings. The monoisotopic (exact) mass is 398 g/mol. The SMILES string of the molecule is CC(C)[Si](O[C@@H](c1ccccc1Br)C(C)(C)C)(C(C)C)C(C)C. The van der Waals surface area contributed by atoms with Crippen molar-refractivity contribution in [1.82, 2.24) is 0 Å². The normalized spacial score (nSPS) is 14.8. The maximum absolute atomic E-state index is 7.16. The van der Waals surface area contributed by atoms with Gasteiger partial charge in [-0.3, -0.25) is 0 Å². The Balaban J connectivity index is 3.42. The van der Waals surface area contributed by atoms with Crippen LogP contribution < -0.4 is 0 Å². The van der Waals surface area contributed by atoms with Crippen molar-refractivity contribution in [3.05, 3.63) is 34.3 Å². The smallest absolute Gasteiger partial charge is 0.201 e. The van der Waals surface area contributed by atoms with Gasteiger partial charge in [0.1, 0.15) is 0 Å². The van der Waals surface area contributed by atoms with Crippen LogP contribution in [0.15, 0.2) is 28.7 Å². The van der Waals surface area contributed by atoms with Gasteiger partial charge in [0.25, 0.3) is 0 Å². The highest BCUT2D eigenvalue weighted by Gasteiger charge is 2.48. The molecule has 0 spiro atoms. The highest BCUT2D eigenvalue weighted by molar-refractivity contribution is 9.10. The first-order valence-corrected chi connectivity index (χ1v) is 11.8. The van der Waals surface area contributed by atoms with Gasteiger partial charge < -0.3 is 4.43 Å². The van der Waals surface area contributed by atoms with Crippen molar-refractivity contribution in [2.45, 2.75) is 85.0 Å². The van der Waals surface area contributed by atoms with Crippen LogP contribution in [-0.2, 0) is 4.43 Å². The third-order valence-corrected chi connectivity index (χ3v) is 11.8. The van der Waals surface area contributed by atoms with Crippen LogP contribution in [0.4, 0.5) is 0 Å². The highest BCUT2D eigenvalue weighted by atomic mass is 79.9. The fourth-order valence-corrected chi connectivity index (χ4v) is 10.2. The zero-order valence-corrected chi connectivity index (χ0v) is 19.0. The van der Waals surface area contributed by atoms with E-state index < -0.39 is 8.32 Å². The second kappa shape index (κ2) is 7.84. The Labute approximate surface area is 153 Å². The summed E-state index contributed by atoms with van der Waals surface area (Å²) in [5, 5.41) is 0. The molecule has 0 amide bonds. The number of benzene rings is 1. The summed E-state index contributed by atoms with van der Waals surface area (Å²) < 4.78 is 8.31. The fourth-order valence-electron chi connectivity index (χ4n) is 4.01. The van der Waals surface area contributed by atoms with E-state index in [0.29, 0.717) is 16.6 Å². The molecule has 1 aromatic rings. The molecule has 132 valence electrons. The molecule has 3 heteroatoms. The molecule has 1 nitrogen and oxygen atoms in total. The van der Waals surface area contributed by atoms with Gasteiger partial charge in [-0.05, 0) is 33.7 Å². The lowest BCUT2D eigenvalue weighted by molar-refractivity contribution is 0.0677. The topological polar surface area (TPSA) is 9.23 Å². The molecule has 0 aromatic heterocycles. The van der Waals surface area contributed by atoms with Crippen LogP contribution in [0.2, 0.25) is 16.6 Å². The molecule has 0 bridgehead atoms. The minimum Gasteiger partial charge on any atom is -0.409 e. The van der Waals surface area contributed by atoms with Crippen molar-refractivity contribution in [2.75, 3.05) is 0 Å². The molecule has 0 aliphatic rings. The second-order valence-electron chi connectivity index (χ2n) is 8.70. The summed E-state index contributed by atoms with van der Waals surface area (Å²) in [6, 6.07) is 8.53. The predicted octanol–water partition coefficient (Wildman–Crippen LogP) is 7.73. The zero-order valence-electron chi connectivity index (χ0n) is 16.4. The molecular formula is C20H35BrOSi. The van der Waals surface area contributed by atoms with Gasteiger partial charge in [-0.15, -0.1) is 0 Å². The zero-order chi connectivity index (χ0) is 18.0. The minimum atomic E-state index is -1.93. The highest BCUT2D eigenvalue weighted by Crippen LogP contribution is 2.49. The van der Waals surface area contributed by atoms with Crippen LogP contribution in [-0.4, -0.2) is 8.32 Å². The molecule has 0 aliphatic carbocycles. The fraction of sp³-hybridized carbons (Fsp3) is 0.700. The van der Waals surface area contributed by atoms with E-state index in [2.05, 4.69) is 103 Å². The van der Waals surface area contributed by atoms with E-state index in [9.17, 15) is 0 Å². The van der Waals surface area contributed by atoms with Gasteiger partial charge in [0, 0.05) is 4.47 Å². The molecule has 0 heterocycles. The summed E-state index contributed by atoms with van der Waals surface area (Å²) in [4.78, 5) is 0. The van der Waals surface area contributed by atoms with Crippen LogP contribution >= 0.6 is 15.9 Å². The molecule has 0 aliphatic heterocycles. The maximum Gasteiger partial charge on any atom is 0.201 e. The number of hydrogen-bond donors (Lipinski definition) is 0. The number of halogens is 1. The average molecular weight is 399 g/mol. The molecule has 23 heavy (non-hydrogen) atoms. The third-order valence-electron chi connectivity index (χ3n) is 5.00. The van der Waals surface area contributed by atoms with Gasteiger partial charge in [-0.25, -0.2) is 0 Å². The molecule has 0 saturated carbocycles. The van der Waals surface area contributed by atoms with Crippen LogP contribution in [0, 0.1) is 5.41 Å². The summed E-state index contributed by atoms with van der Waals surface area (Å²) in [6.07, 6.45) is 0.108. The first-order valence-electron chi connectivity index (χ1n) is 8.86. The molecule has 0 N–H and O–H groups in total. The molecule has 0 saturated heterocycles. The van der Waals surface area contributed by atoms with E-state index in [1.165, 1.54) is 5.56 Å². The van der Waals surface area contributed by atoms with E-state index in [1.807, 2.05) is 0 Å². The Hall–Kier alpha value is -0.123. The van der Waals surface area contributed by atoms with Crippen LogP contribution in [0.1, 0.15) is 74.0 Å². The lowest BCUT2D eigenvalue weighted by atomic mass is 9.85. The van der Waals surface area contributed by atoms with E-state index in [1.54, 1.807) is 0 Å². The summed E-state index contributed by atoms with van der Waals surface area (Å²) in [7, 11) is -1.93. The minimum absolute atomic E-state index is 0.0563. The molecule has 0 radical (unpaired) electrons. The van der Waals surface area contributed by atoms with Gasteiger partial charge in [0.15, 0.2) is 0 Å². The Morgan fingerprint density at radius 3 is 1.65 bits per heavy atom. The number of hydrogen-bond acceptors (Lipinski definition) is 1. The summed E-state index contributed by atoms with van der Waals surface area (Å²) in [6.45, 7) is 21.0. The van der Waals surface area contributed by atoms with Crippen LogP contribution in [0.5, 0.6) is 0 Å². The van der Waals surface area contributed by atoms with E-state index in [0.717, 1.165) is 4.47 Å². The first kappa shape index (κ1) is 20.9. The van der Waals surface area contributed by atoms with Crippen molar-refractivity contribution in [3.8, 4) is 0 Å². The molecule has 1 rings (SSSR count). The Kier molecular flexibility index (Phi) is 7.13. The van der Waals surface area contributed by atoms with E-state index >= 15 is 0 Å². The summed E-state index contributed by atoms with van der Waals surface area (Å²) >= 11 is 3.74. The Morgan fingerprint density at radius 2 is 1.30 bits per heavy atom. The van der Waals surface area contributed by atoms with Crippen molar-refractivity contribution in [3.63, 3.8) is 0 Å². The lowest BCUT2D eigenvalue weighted by Gasteiger charge is -2.47. The largest absolute Gasteiger partial charge is 0.409 e. The maximum atomic E-state index is 7.16. The first-order chi connectivity index (χ1) is 10.4. The Morgan fingerprint density at radius 1 is 0.870 bits per heavy atom. The van der Waals surface area contributed by atoms with Crippen molar-refractivity contribution < 1.29 is 4.43 Å². The van der Waals surface area contributed by atoms with Crippen molar-refractivity contribution in [1.29, 1.82) is 0 Å². The predicted molar refractivity (Wildman–Crippen MR) is 108 cm³/mol. The van der Waals surface area contributed by atoms with Gasteiger partial charge in [-0.2, -0.15) is 0 Å². The average Bonchev–Trinajstić information content (AvgIpc) is 2.38. The summed E-state index contributed by atoms with van der Waals surface area (Å²) in [5.41, 5.74) is 3.11. The molecule has 1 aromatic carbocycles. The summed E-state index contributed by atoms with van der Waals surface area (Å²) in [5.74, 6) is 0. The van der Waals surface area contributed by atoms with E-state index in [4.69, 9.17) is 4.43 Å². The standard InChI is InChI=1S/C20H35BrOSi/c1-14(2)23(15(3)4,16(5)6)22-19(20(7,8)9)17-12-10-11-13-18(17)21/h10-16,19H,1-9H3/t19-/m0/s1. The molecular weight excluding hydrogens is 364 g/mol. The third kappa shape index (κ3) is 4.49. The second-order valence-corrected chi connectivity index (χ2v) is 15.0. The van der Waals surface area contributed by atoms with E-state index in [-0.39, 0.29) is 11.5 Å². The van der Waals surface area contributed by atoms with Gasteiger partial charge >= 0.3 is 0 Å². The van der Waals surface area contributed by atoms with Crippen LogP contribution in [0.3, 0.4) is 0 Å².